The highest BCUT2D eigenvalue weighted by Gasteiger charge is 2.32. The minimum Gasteiger partial charge on any atom is -0.303 e. The molecule has 1 amide bonds. The first-order chi connectivity index (χ1) is 14.9. The van der Waals surface area contributed by atoms with E-state index in [2.05, 4.69) is 10.3 Å². The number of nitrogens with one attached hydrogen (secondary N) is 1. The SMILES string of the molecule is O=C(Nc1nccs1)C(CC1CCCCC1)n1ccc(S(=O)(=O)C2CCCC2)cc1=O. The summed E-state index contributed by atoms with van der Waals surface area (Å²) in [6.07, 6.45) is 12.3. The van der Waals surface area contributed by atoms with Crippen molar-refractivity contribution in [3.05, 3.63) is 40.3 Å². The monoisotopic (exact) mass is 463 g/mol. The van der Waals surface area contributed by atoms with E-state index in [0.29, 0.717) is 30.3 Å². The summed E-state index contributed by atoms with van der Waals surface area (Å²) in [6.45, 7) is 0. The molecule has 9 heteroatoms. The largest absolute Gasteiger partial charge is 0.303 e. The van der Waals surface area contributed by atoms with Crippen LogP contribution in [0.5, 0.6) is 0 Å². The summed E-state index contributed by atoms with van der Waals surface area (Å²) in [6, 6.07) is 1.99. The van der Waals surface area contributed by atoms with Crippen molar-refractivity contribution < 1.29 is 13.2 Å². The number of hydrogen-bond donors (Lipinski definition) is 1. The Bertz CT molecular complexity index is 1050. The van der Waals surface area contributed by atoms with Crippen LogP contribution in [0.3, 0.4) is 0 Å². The Morgan fingerprint density at radius 1 is 1.16 bits per heavy atom. The molecule has 0 aromatic carbocycles. The molecule has 2 fully saturated rings. The third kappa shape index (κ3) is 5.09. The Hall–Kier alpha value is -2.00. The topological polar surface area (TPSA) is 98.1 Å². The van der Waals surface area contributed by atoms with E-state index in [9.17, 15) is 18.0 Å². The quantitative estimate of drug-likeness (QED) is 0.664. The third-order valence-corrected chi connectivity index (χ3v) is 9.52. The lowest BCUT2D eigenvalue weighted by Crippen LogP contribution is -2.35. The van der Waals surface area contributed by atoms with Crippen LogP contribution in [-0.4, -0.2) is 29.1 Å². The van der Waals surface area contributed by atoms with Crippen molar-refractivity contribution in [2.75, 3.05) is 5.32 Å². The normalized spacial score (nSPS) is 19.4. The lowest BCUT2D eigenvalue weighted by Gasteiger charge is -2.27. The number of carbonyl (C=O) groups is 1. The molecule has 0 bridgehead atoms. The number of carbonyl (C=O) groups excluding carboxylic acids is 1. The second-order valence-electron chi connectivity index (χ2n) is 8.64. The van der Waals surface area contributed by atoms with Crippen LogP contribution in [0.4, 0.5) is 5.13 Å². The number of sulfone groups is 1. The van der Waals surface area contributed by atoms with Gasteiger partial charge in [0.25, 0.3) is 5.56 Å². The van der Waals surface area contributed by atoms with Crippen LogP contribution < -0.4 is 10.9 Å². The molecule has 7 nitrogen and oxygen atoms in total. The summed E-state index contributed by atoms with van der Waals surface area (Å²) in [7, 11) is -3.51. The molecule has 2 aliphatic rings. The molecule has 31 heavy (non-hydrogen) atoms. The summed E-state index contributed by atoms with van der Waals surface area (Å²) in [5.74, 6) is 0.0867. The third-order valence-electron chi connectivity index (χ3n) is 6.57. The number of thiazole rings is 1. The van der Waals surface area contributed by atoms with E-state index < -0.39 is 26.7 Å². The van der Waals surface area contributed by atoms with Gasteiger partial charge < -0.3 is 9.88 Å². The van der Waals surface area contributed by atoms with Gasteiger partial charge in [-0.1, -0.05) is 44.9 Å². The molecule has 2 aromatic heterocycles. The Morgan fingerprint density at radius 3 is 2.52 bits per heavy atom. The van der Waals surface area contributed by atoms with Crippen molar-refractivity contribution in [3.63, 3.8) is 0 Å². The van der Waals surface area contributed by atoms with Crippen molar-refractivity contribution >= 4 is 32.2 Å². The van der Waals surface area contributed by atoms with E-state index in [1.165, 1.54) is 40.7 Å². The van der Waals surface area contributed by atoms with Crippen LogP contribution in [0.15, 0.2) is 39.6 Å². The minimum absolute atomic E-state index is 0.0670. The first-order valence-electron chi connectivity index (χ1n) is 11.1. The fraction of sp³-hybridized carbons (Fsp3) is 0.591. The van der Waals surface area contributed by atoms with E-state index in [-0.39, 0.29) is 10.8 Å². The van der Waals surface area contributed by atoms with Crippen LogP contribution in [0.1, 0.15) is 70.3 Å². The number of aromatic nitrogens is 2. The zero-order chi connectivity index (χ0) is 21.8. The maximum atomic E-state index is 13.1. The number of pyridine rings is 1. The molecule has 0 aliphatic heterocycles. The molecule has 2 saturated carbocycles. The predicted molar refractivity (Wildman–Crippen MR) is 121 cm³/mol. The summed E-state index contributed by atoms with van der Waals surface area (Å²) in [4.78, 5) is 30.3. The second-order valence-corrected chi connectivity index (χ2v) is 11.8. The van der Waals surface area contributed by atoms with Gasteiger partial charge in [0.1, 0.15) is 6.04 Å². The Labute approximate surface area is 186 Å². The smallest absolute Gasteiger partial charge is 0.252 e. The van der Waals surface area contributed by atoms with Crippen molar-refractivity contribution in [1.29, 1.82) is 0 Å². The summed E-state index contributed by atoms with van der Waals surface area (Å²) >= 11 is 1.32. The van der Waals surface area contributed by atoms with Gasteiger partial charge in [0.2, 0.25) is 5.91 Å². The maximum Gasteiger partial charge on any atom is 0.252 e. The fourth-order valence-electron chi connectivity index (χ4n) is 4.86. The maximum absolute atomic E-state index is 13.1. The average Bonchev–Trinajstić information content (AvgIpc) is 3.47. The molecule has 2 aromatic rings. The predicted octanol–water partition coefficient (Wildman–Crippen LogP) is 4.17. The van der Waals surface area contributed by atoms with Crippen molar-refractivity contribution in [3.8, 4) is 0 Å². The zero-order valence-electron chi connectivity index (χ0n) is 17.5. The molecule has 168 valence electrons. The molecule has 4 rings (SSSR count). The lowest BCUT2D eigenvalue weighted by atomic mass is 9.84. The lowest BCUT2D eigenvalue weighted by molar-refractivity contribution is -0.120. The average molecular weight is 464 g/mol. The van der Waals surface area contributed by atoms with Crippen molar-refractivity contribution in [2.45, 2.75) is 80.4 Å². The van der Waals surface area contributed by atoms with Crippen LogP contribution in [0.2, 0.25) is 0 Å². The van der Waals surface area contributed by atoms with Gasteiger partial charge in [-0.2, -0.15) is 0 Å². The molecule has 1 unspecified atom stereocenters. The number of hydrogen-bond acceptors (Lipinski definition) is 6. The van der Waals surface area contributed by atoms with Gasteiger partial charge in [-0.15, -0.1) is 11.3 Å². The van der Waals surface area contributed by atoms with Gasteiger partial charge in [-0.3, -0.25) is 9.59 Å². The minimum atomic E-state index is -3.51. The Kier molecular flexibility index (Phi) is 6.91. The standard InChI is InChI=1S/C22H29N3O4S2/c26-20-15-18(31(28,29)17-8-4-5-9-17)10-12-25(20)19(14-16-6-2-1-3-7-16)21(27)24-22-23-11-13-30-22/h10-13,15-17,19H,1-9,14H2,(H,23,24,27). The van der Waals surface area contributed by atoms with Crippen LogP contribution in [0.25, 0.3) is 0 Å². The van der Waals surface area contributed by atoms with E-state index in [1.54, 1.807) is 11.6 Å². The summed E-state index contributed by atoms with van der Waals surface area (Å²) < 4.78 is 27.2. The highest BCUT2D eigenvalue weighted by Crippen LogP contribution is 2.32. The zero-order valence-corrected chi connectivity index (χ0v) is 19.2. The van der Waals surface area contributed by atoms with E-state index in [4.69, 9.17) is 0 Å². The first-order valence-corrected chi connectivity index (χ1v) is 13.5. The van der Waals surface area contributed by atoms with Gasteiger partial charge in [0.05, 0.1) is 10.1 Å². The van der Waals surface area contributed by atoms with Gasteiger partial charge in [-0.05, 0) is 31.2 Å². The number of rotatable bonds is 7. The Balaban J connectivity index is 1.61. The molecule has 0 radical (unpaired) electrons. The second kappa shape index (κ2) is 9.65. The summed E-state index contributed by atoms with van der Waals surface area (Å²) in [5, 5.41) is 4.68. The molecule has 2 aliphatic carbocycles. The van der Waals surface area contributed by atoms with Gasteiger partial charge >= 0.3 is 0 Å². The van der Waals surface area contributed by atoms with Crippen LogP contribution >= 0.6 is 11.3 Å². The van der Waals surface area contributed by atoms with Gasteiger partial charge in [0, 0.05) is 23.8 Å². The number of amides is 1. The van der Waals surface area contributed by atoms with Crippen LogP contribution in [-0.2, 0) is 14.6 Å². The number of anilines is 1. The molecule has 2 heterocycles. The van der Waals surface area contributed by atoms with Crippen molar-refractivity contribution in [2.24, 2.45) is 5.92 Å². The molecule has 1 N–H and O–H groups in total. The molecule has 0 saturated heterocycles. The molecule has 0 spiro atoms. The van der Waals surface area contributed by atoms with Gasteiger partial charge in [-0.25, -0.2) is 13.4 Å². The van der Waals surface area contributed by atoms with E-state index >= 15 is 0 Å². The molecule has 1 atom stereocenters. The Morgan fingerprint density at radius 2 is 1.87 bits per heavy atom. The first kappa shape index (κ1) is 22.2. The number of nitrogens with zero attached hydrogens (tertiary/aromatic N) is 2. The van der Waals surface area contributed by atoms with Crippen LogP contribution in [0, 0.1) is 5.92 Å². The fourth-order valence-corrected chi connectivity index (χ4v) is 7.24. The molecular weight excluding hydrogens is 434 g/mol. The highest BCUT2D eigenvalue weighted by molar-refractivity contribution is 7.92. The van der Waals surface area contributed by atoms with Gasteiger partial charge in [0.15, 0.2) is 15.0 Å². The van der Waals surface area contributed by atoms with E-state index in [0.717, 1.165) is 38.5 Å². The molecular formula is C22H29N3O4S2. The van der Waals surface area contributed by atoms with Crippen molar-refractivity contribution in [1.82, 2.24) is 9.55 Å². The highest BCUT2D eigenvalue weighted by atomic mass is 32.2. The van der Waals surface area contributed by atoms with E-state index in [1.807, 2.05) is 0 Å². The summed E-state index contributed by atoms with van der Waals surface area (Å²) in [5.41, 5.74) is -0.450.